The monoisotopic (exact) mass is 226 g/mol. The zero-order chi connectivity index (χ0) is 11.4. The minimum Gasteiger partial charge on any atom is -0.379 e. The lowest BCUT2D eigenvalue weighted by Gasteiger charge is -2.31. The Hall–Kier alpha value is -0.940. The van der Waals surface area contributed by atoms with Crippen molar-refractivity contribution in [2.24, 2.45) is 0 Å². The normalized spacial score (nSPS) is 23.9. The third kappa shape index (κ3) is 2.80. The number of rotatable bonds is 3. The summed E-state index contributed by atoms with van der Waals surface area (Å²) in [7, 11) is 0. The molecule has 2 aliphatic rings. The van der Waals surface area contributed by atoms with Crippen molar-refractivity contribution in [2.45, 2.75) is 12.8 Å². The van der Waals surface area contributed by atoms with Crippen LogP contribution < -0.4 is 0 Å². The van der Waals surface area contributed by atoms with Crippen molar-refractivity contribution in [3.8, 4) is 0 Å². The van der Waals surface area contributed by atoms with Crippen molar-refractivity contribution < 1.29 is 14.3 Å². The van der Waals surface area contributed by atoms with Crippen molar-refractivity contribution in [1.29, 1.82) is 0 Å². The molecular formula is C11H18N2O3. The van der Waals surface area contributed by atoms with Crippen LogP contribution in [-0.4, -0.2) is 67.4 Å². The third-order valence-electron chi connectivity index (χ3n) is 3.15. The molecule has 0 atom stereocenters. The van der Waals surface area contributed by atoms with Crippen molar-refractivity contribution >= 4 is 11.7 Å². The Kier molecular flexibility index (Phi) is 3.90. The summed E-state index contributed by atoms with van der Waals surface area (Å²) in [5, 5.41) is 0. The van der Waals surface area contributed by atoms with Gasteiger partial charge < -0.3 is 9.64 Å². The van der Waals surface area contributed by atoms with Gasteiger partial charge >= 0.3 is 0 Å². The molecule has 5 heteroatoms. The number of ketones is 1. The highest BCUT2D eigenvalue weighted by atomic mass is 16.5. The first-order valence-corrected chi connectivity index (χ1v) is 5.89. The van der Waals surface area contributed by atoms with Crippen LogP contribution in [0, 0.1) is 0 Å². The minimum atomic E-state index is -0.292. The predicted molar refractivity (Wildman–Crippen MR) is 58.1 cm³/mol. The first kappa shape index (κ1) is 11.5. The van der Waals surface area contributed by atoms with Gasteiger partial charge in [-0.25, -0.2) is 0 Å². The minimum absolute atomic E-state index is 0.228. The van der Waals surface area contributed by atoms with E-state index in [9.17, 15) is 9.59 Å². The summed E-state index contributed by atoms with van der Waals surface area (Å²) in [6, 6.07) is 0. The highest BCUT2D eigenvalue weighted by molar-refractivity contribution is 6.36. The fraction of sp³-hybridized carbons (Fsp3) is 0.818. The van der Waals surface area contributed by atoms with Gasteiger partial charge in [0.25, 0.3) is 5.91 Å². The van der Waals surface area contributed by atoms with Crippen LogP contribution in [0.4, 0.5) is 0 Å². The van der Waals surface area contributed by atoms with Crippen molar-refractivity contribution in [3.63, 3.8) is 0 Å². The first-order chi connectivity index (χ1) is 7.77. The van der Waals surface area contributed by atoms with E-state index < -0.39 is 0 Å². The van der Waals surface area contributed by atoms with E-state index in [2.05, 4.69) is 4.90 Å². The number of hydrogen-bond acceptors (Lipinski definition) is 4. The average molecular weight is 226 g/mol. The maximum atomic E-state index is 11.5. The standard InChI is InChI=1S/C11H18N2O3/c14-10-2-1-3-13(11(10)15)5-4-12-6-8-16-9-7-12/h1-9H2. The molecule has 0 radical (unpaired) electrons. The maximum Gasteiger partial charge on any atom is 0.289 e. The van der Waals surface area contributed by atoms with Crippen LogP contribution in [0.3, 0.4) is 0 Å². The Bertz CT molecular complexity index is 274. The number of nitrogens with zero attached hydrogens (tertiary/aromatic N) is 2. The van der Waals surface area contributed by atoms with Gasteiger partial charge in [-0.05, 0) is 6.42 Å². The predicted octanol–water partition coefficient (Wildman–Crippen LogP) is -0.490. The lowest BCUT2D eigenvalue weighted by molar-refractivity contribution is -0.147. The van der Waals surface area contributed by atoms with Gasteiger partial charge in [0, 0.05) is 39.1 Å². The van der Waals surface area contributed by atoms with Gasteiger partial charge in [0.2, 0.25) is 5.78 Å². The number of carbonyl (C=O) groups excluding carboxylic acids is 2. The molecule has 0 spiro atoms. The van der Waals surface area contributed by atoms with Gasteiger partial charge in [-0.15, -0.1) is 0 Å². The Balaban J connectivity index is 1.75. The zero-order valence-electron chi connectivity index (χ0n) is 9.48. The number of carbonyl (C=O) groups is 2. The van der Waals surface area contributed by atoms with Gasteiger partial charge in [0.05, 0.1) is 13.2 Å². The second kappa shape index (κ2) is 5.41. The maximum absolute atomic E-state index is 11.5. The molecule has 0 aliphatic carbocycles. The molecule has 5 nitrogen and oxygen atoms in total. The van der Waals surface area contributed by atoms with Crippen LogP contribution in [0.5, 0.6) is 0 Å². The van der Waals surface area contributed by atoms with E-state index in [0.717, 1.165) is 45.8 Å². The Morgan fingerprint density at radius 1 is 1.06 bits per heavy atom. The molecule has 0 aromatic rings. The van der Waals surface area contributed by atoms with Crippen LogP contribution in [0.1, 0.15) is 12.8 Å². The number of Topliss-reactive ketones (excluding diaryl/α,β-unsaturated/α-hetero) is 1. The summed E-state index contributed by atoms with van der Waals surface area (Å²) >= 11 is 0. The number of morpholine rings is 1. The molecule has 2 fully saturated rings. The summed E-state index contributed by atoms with van der Waals surface area (Å²) in [4.78, 5) is 26.7. The van der Waals surface area contributed by atoms with Crippen LogP contribution in [-0.2, 0) is 14.3 Å². The molecule has 0 saturated carbocycles. The molecule has 2 saturated heterocycles. The van der Waals surface area contributed by atoms with E-state index in [1.165, 1.54) is 0 Å². The Morgan fingerprint density at radius 3 is 2.56 bits per heavy atom. The van der Waals surface area contributed by atoms with Crippen molar-refractivity contribution in [1.82, 2.24) is 9.80 Å². The van der Waals surface area contributed by atoms with E-state index in [4.69, 9.17) is 4.74 Å². The molecule has 2 aliphatic heterocycles. The van der Waals surface area contributed by atoms with Crippen LogP contribution in [0.15, 0.2) is 0 Å². The Labute approximate surface area is 95.3 Å². The van der Waals surface area contributed by atoms with Crippen LogP contribution >= 0.6 is 0 Å². The fourth-order valence-electron chi connectivity index (χ4n) is 2.12. The number of piperidine rings is 1. The van der Waals surface area contributed by atoms with E-state index in [-0.39, 0.29) is 11.7 Å². The SMILES string of the molecule is O=C1CCCN(CCN2CCOCC2)C1=O. The summed E-state index contributed by atoms with van der Waals surface area (Å²) in [6.45, 7) is 5.65. The van der Waals surface area contributed by atoms with Gasteiger partial charge in [-0.1, -0.05) is 0 Å². The van der Waals surface area contributed by atoms with E-state index in [1.807, 2.05) is 0 Å². The average Bonchev–Trinajstić information content (AvgIpc) is 2.32. The van der Waals surface area contributed by atoms with Crippen LogP contribution in [0.2, 0.25) is 0 Å². The molecule has 2 rings (SSSR count). The second-order valence-electron chi connectivity index (χ2n) is 4.27. The lowest BCUT2D eigenvalue weighted by atomic mass is 10.1. The number of likely N-dealkylation sites (tertiary alicyclic amines) is 1. The summed E-state index contributed by atoms with van der Waals surface area (Å²) in [5.41, 5.74) is 0. The number of hydrogen-bond donors (Lipinski definition) is 0. The highest BCUT2D eigenvalue weighted by Crippen LogP contribution is 2.07. The van der Waals surface area contributed by atoms with E-state index in [0.29, 0.717) is 13.0 Å². The molecule has 0 unspecified atom stereocenters. The van der Waals surface area contributed by atoms with Crippen LogP contribution in [0.25, 0.3) is 0 Å². The molecule has 16 heavy (non-hydrogen) atoms. The summed E-state index contributed by atoms with van der Waals surface area (Å²) in [5.74, 6) is -0.521. The van der Waals surface area contributed by atoms with Crippen molar-refractivity contribution in [2.75, 3.05) is 45.9 Å². The Morgan fingerprint density at radius 2 is 1.81 bits per heavy atom. The third-order valence-corrected chi connectivity index (χ3v) is 3.15. The molecule has 2 heterocycles. The van der Waals surface area contributed by atoms with E-state index in [1.54, 1.807) is 4.90 Å². The first-order valence-electron chi connectivity index (χ1n) is 5.89. The smallest absolute Gasteiger partial charge is 0.289 e. The summed E-state index contributed by atoms with van der Waals surface area (Å²) in [6.07, 6.45) is 1.24. The van der Waals surface area contributed by atoms with Crippen molar-refractivity contribution in [3.05, 3.63) is 0 Å². The molecule has 0 N–H and O–H groups in total. The molecule has 0 aromatic carbocycles. The topological polar surface area (TPSA) is 49.9 Å². The van der Waals surface area contributed by atoms with Gasteiger partial charge in [0.15, 0.2) is 0 Å². The molecule has 1 amide bonds. The zero-order valence-corrected chi connectivity index (χ0v) is 9.48. The lowest BCUT2D eigenvalue weighted by Crippen LogP contribution is -2.47. The summed E-state index contributed by atoms with van der Waals surface area (Å²) < 4.78 is 5.25. The second-order valence-corrected chi connectivity index (χ2v) is 4.27. The highest BCUT2D eigenvalue weighted by Gasteiger charge is 2.26. The van der Waals surface area contributed by atoms with Gasteiger partial charge in [-0.3, -0.25) is 14.5 Å². The molecule has 0 aromatic heterocycles. The number of ether oxygens (including phenoxy) is 1. The fourth-order valence-corrected chi connectivity index (χ4v) is 2.12. The van der Waals surface area contributed by atoms with Gasteiger partial charge in [-0.2, -0.15) is 0 Å². The largest absolute Gasteiger partial charge is 0.379 e. The quantitative estimate of drug-likeness (QED) is 0.609. The molecule has 0 bridgehead atoms. The van der Waals surface area contributed by atoms with Gasteiger partial charge in [0.1, 0.15) is 0 Å². The number of amides is 1. The molecule has 90 valence electrons. The van der Waals surface area contributed by atoms with E-state index >= 15 is 0 Å². The molecular weight excluding hydrogens is 208 g/mol.